The molecule has 0 amide bonds. The van der Waals surface area contributed by atoms with Crippen molar-refractivity contribution in [1.29, 1.82) is 0 Å². The van der Waals surface area contributed by atoms with E-state index in [-0.39, 0.29) is 0 Å². The fourth-order valence-corrected chi connectivity index (χ4v) is 1.91. The fourth-order valence-electron chi connectivity index (χ4n) is 1.91. The van der Waals surface area contributed by atoms with Gasteiger partial charge in [0.1, 0.15) is 12.1 Å². The van der Waals surface area contributed by atoms with Crippen molar-refractivity contribution in [3.8, 4) is 0 Å². The van der Waals surface area contributed by atoms with Gasteiger partial charge in [-0.1, -0.05) is 60.7 Å². The maximum atomic E-state index is 10.4. The van der Waals surface area contributed by atoms with Crippen LogP contribution in [0.2, 0.25) is 0 Å². The molecule has 0 saturated heterocycles. The summed E-state index contributed by atoms with van der Waals surface area (Å²) in [7, 11) is -4.67. The van der Waals surface area contributed by atoms with Crippen LogP contribution < -0.4 is 11.5 Å². The summed E-state index contributed by atoms with van der Waals surface area (Å²) in [6, 6.07) is 17.1. The topological polar surface area (TPSA) is 201 Å². The maximum Gasteiger partial charge on any atom is 0.394 e. The molecule has 0 aromatic heterocycles. The summed E-state index contributed by atoms with van der Waals surface area (Å²) < 4.78 is 31.6. The molecule has 160 valence electrons. The Morgan fingerprint density at radius 1 is 0.724 bits per heavy atom. The first-order valence-corrected chi connectivity index (χ1v) is 9.54. The van der Waals surface area contributed by atoms with Crippen molar-refractivity contribution in [1.82, 2.24) is 0 Å². The van der Waals surface area contributed by atoms with Crippen LogP contribution in [0.25, 0.3) is 0 Å². The van der Waals surface area contributed by atoms with Gasteiger partial charge >= 0.3 is 22.3 Å². The van der Waals surface area contributed by atoms with E-state index in [2.05, 4.69) is 0 Å². The van der Waals surface area contributed by atoms with Gasteiger partial charge in [-0.05, 0) is 24.0 Å². The number of carboxylic acids is 2. The lowest BCUT2D eigenvalue weighted by Gasteiger charge is -2.04. The van der Waals surface area contributed by atoms with Gasteiger partial charge in [-0.15, -0.1) is 0 Å². The molecule has 0 fully saturated rings. The lowest BCUT2D eigenvalue weighted by molar-refractivity contribution is -0.139. The largest absolute Gasteiger partial charge is 0.480 e. The highest BCUT2D eigenvalue weighted by molar-refractivity contribution is 7.79. The Bertz CT molecular complexity index is 779. The molecule has 2 aromatic carbocycles. The highest BCUT2D eigenvalue weighted by Crippen LogP contribution is 2.02. The number of benzene rings is 2. The van der Waals surface area contributed by atoms with Crippen LogP contribution in [0.4, 0.5) is 0 Å². The average molecular weight is 428 g/mol. The van der Waals surface area contributed by atoms with E-state index in [0.29, 0.717) is 12.8 Å². The van der Waals surface area contributed by atoms with Gasteiger partial charge in [0.05, 0.1) is 0 Å². The zero-order chi connectivity index (χ0) is 22.4. The van der Waals surface area contributed by atoms with Crippen molar-refractivity contribution in [2.24, 2.45) is 11.5 Å². The van der Waals surface area contributed by atoms with Crippen molar-refractivity contribution < 1.29 is 37.3 Å². The first kappa shape index (κ1) is 26.2. The average Bonchev–Trinajstić information content (AvgIpc) is 2.62. The second-order valence-electron chi connectivity index (χ2n) is 5.72. The number of hydrogen-bond donors (Lipinski definition) is 6. The molecule has 11 heteroatoms. The summed E-state index contributed by atoms with van der Waals surface area (Å²) in [5, 5.41) is 17.0. The summed E-state index contributed by atoms with van der Waals surface area (Å²) in [4.78, 5) is 20.8. The molecule has 29 heavy (non-hydrogen) atoms. The molecule has 2 aromatic rings. The van der Waals surface area contributed by atoms with E-state index >= 15 is 0 Å². The van der Waals surface area contributed by atoms with Gasteiger partial charge in [0.2, 0.25) is 0 Å². The highest BCUT2D eigenvalue weighted by atomic mass is 32.3. The molecule has 0 aliphatic rings. The molecule has 0 bridgehead atoms. The molecular formula is C18H24N2O8S. The van der Waals surface area contributed by atoms with Crippen LogP contribution in [0.5, 0.6) is 0 Å². The molecule has 10 nitrogen and oxygen atoms in total. The normalized spacial score (nSPS) is 12.3. The van der Waals surface area contributed by atoms with Crippen LogP contribution in [0.3, 0.4) is 0 Å². The molecule has 0 aliphatic heterocycles. The predicted molar refractivity (Wildman–Crippen MR) is 106 cm³/mol. The first-order valence-electron chi connectivity index (χ1n) is 8.14. The summed E-state index contributed by atoms with van der Waals surface area (Å²) in [5.41, 5.74) is 12.6. The van der Waals surface area contributed by atoms with Crippen molar-refractivity contribution in [2.75, 3.05) is 0 Å². The Labute approximate surface area is 168 Å². The molecule has 0 radical (unpaired) electrons. The van der Waals surface area contributed by atoms with E-state index in [4.69, 9.17) is 39.2 Å². The molecule has 0 spiro atoms. The smallest absolute Gasteiger partial charge is 0.394 e. The molecule has 0 heterocycles. The minimum absolute atomic E-state index is 0.385. The Morgan fingerprint density at radius 3 is 1.17 bits per heavy atom. The van der Waals surface area contributed by atoms with Crippen LogP contribution in [-0.2, 0) is 32.8 Å². The molecule has 2 atom stereocenters. The van der Waals surface area contributed by atoms with Crippen LogP contribution >= 0.6 is 0 Å². The monoisotopic (exact) mass is 428 g/mol. The number of aliphatic carboxylic acids is 2. The Balaban J connectivity index is 0.000000442. The lowest BCUT2D eigenvalue weighted by atomic mass is 10.1. The number of carbonyl (C=O) groups is 2. The molecule has 8 N–H and O–H groups in total. The van der Waals surface area contributed by atoms with E-state index in [1.54, 1.807) is 0 Å². The summed E-state index contributed by atoms with van der Waals surface area (Å²) >= 11 is 0. The maximum absolute atomic E-state index is 10.4. The zero-order valence-electron chi connectivity index (χ0n) is 15.3. The van der Waals surface area contributed by atoms with E-state index < -0.39 is 34.4 Å². The molecule has 0 saturated carbocycles. The van der Waals surface area contributed by atoms with E-state index in [1.807, 2.05) is 60.7 Å². The molecule has 0 unspecified atom stereocenters. The van der Waals surface area contributed by atoms with Crippen LogP contribution in [-0.4, -0.2) is 51.8 Å². The molecule has 2 rings (SSSR count). The number of nitrogens with two attached hydrogens (primary N) is 2. The molecule has 0 aliphatic carbocycles. The van der Waals surface area contributed by atoms with Crippen LogP contribution in [0.1, 0.15) is 11.1 Å². The third-order valence-electron chi connectivity index (χ3n) is 3.23. The number of rotatable bonds is 6. The van der Waals surface area contributed by atoms with Crippen LogP contribution in [0.15, 0.2) is 60.7 Å². The van der Waals surface area contributed by atoms with E-state index in [1.165, 1.54) is 0 Å². The third-order valence-corrected chi connectivity index (χ3v) is 3.23. The van der Waals surface area contributed by atoms with Crippen molar-refractivity contribution in [2.45, 2.75) is 24.9 Å². The van der Waals surface area contributed by atoms with Crippen LogP contribution in [0, 0.1) is 0 Å². The zero-order valence-corrected chi connectivity index (χ0v) is 16.1. The quantitative estimate of drug-likeness (QED) is 0.354. The van der Waals surface area contributed by atoms with E-state index in [0.717, 1.165) is 11.1 Å². The van der Waals surface area contributed by atoms with Gasteiger partial charge < -0.3 is 21.7 Å². The Hall–Kier alpha value is -2.83. The number of hydrogen-bond acceptors (Lipinski definition) is 6. The van der Waals surface area contributed by atoms with Gasteiger partial charge in [0.15, 0.2) is 0 Å². The minimum Gasteiger partial charge on any atom is -0.480 e. The Morgan fingerprint density at radius 2 is 0.966 bits per heavy atom. The fraction of sp³-hybridized carbons (Fsp3) is 0.222. The van der Waals surface area contributed by atoms with Crippen molar-refractivity contribution in [3.05, 3.63) is 71.8 Å². The van der Waals surface area contributed by atoms with Gasteiger partial charge in [-0.2, -0.15) is 8.42 Å². The summed E-state index contributed by atoms with van der Waals surface area (Å²) in [6.45, 7) is 0. The minimum atomic E-state index is -4.67. The van der Waals surface area contributed by atoms with Gasteiger partial charge in [-0.3, -0.25) is 18.7 Å². The molecular weight excluding hydrogens is 404 g/mol. The predicted octanol–water partition coefficient (Wildman–Crippen LogP) is 0.629. The SMILES string of the molecule is N[C@@H](Cc1ccccc1)C(=O)O.N[C@@H](Cc1ccccc1)C(=O)O.O=S(=O)(O)O. The van der Waals surface area contributed by atoms with Gasteiger partial charge in [0.25, 0.3) is 0 Å². The van der Waals surface area contributed by atoms with E-state index in [9.17, 15) is 9.59 Å². The summed E-state index contributed by atoms with van der Waals surface area (Å²) in [5.74, 6) is -1.92. The second kappa shape index (κ2) is 13.4. The third kappa shape index (κ3) is 15.9. The number of carboxylic acid groups (broad SMARTS) is 2. The van der Waals surface area contributed by atoms with Gasteiger partial charge in [0, 0.05) is 0 Å². The van der Waals surface area contributed by atoms with Crippen molar-refractivity contribution in [3.63, 3.8) is 0 Å². The highest BCUT2D eigenvalue weighted by Gasteiger charge is 2.11. The second-order valence-corrected chi connectivity index (χ2v) is 6.61. The summed E-state index contributed by atoms with van der Waals surface area (Å²) in [6.07, 6.45) is 0.770. The first-order chi connectivity index (χ1) is 13.4. The lowest BCUT2D eigenvalue weighted by Crippen LogP contribution is -2.32. The van der Waals surface area contributed by atoms with Gasteiger partial charge in [-0.25, -0.2) is 0 Å². The van der Waals surface area contributed by atoms with Crippen molar-refractivity contribution >= 4 is 22.3 Å². The standard InChI is InChI=1S/2C9H11NO2.H2O4S/c2*10-8(9(11)12)6-7-4-2-1-3-5-7;1-5(2,3)4/h2*1-5,8H,6,10H2,(H,11,12);(H2,1,2,3,4)/t2*8-;/m00./s1. The Kier molecular flexibility index (Phi) is 12.1.